The van der Waals surface area contributed by atoms with Gasteiger partial charge in [0, 0.05) is 18.3 Å². The van der Waals surface area contributed by atoms with Crippen molar-refractivity contribution < 1.29 is 24.2 Å². The number of hydrogen-bond acceptors (Lipinski definition) is 6. The molecule has 0 fully saturated rings. The molecule has 0 atom stereocenters. The number of benzene rings is 1. The Hall–Kier alpha value is -2.61. The molecule has 7 nitrogen and oxygen atoms in total. The molecule has 2 N–H and O–H groups in total. The van der Waals surface area contributed by atoms with E-state index in [2.05, 4.69) is 10.3 Å². The fourth-order valence-corrected chi connectivity index (χ4v) is 2.54. The van der Waals surface area contributed by atoms with Gasteiger partial charge in [-0.15, -0.1) is 11.3 Å². The van der Waals surface area contributed by atoms with Crippen molar-refractivity contribution in [1.29, 1.82) is 0 Å². The number of aromatic carboxylic acids is 1. The molecule has 1 heterocycles. The average Bonchev–Trinajstić information content (AvgIpc) is 3.02. The summed E-state index contributed by atoms with van der Waals surface area (Å²) in [5.74, 6) is -0.270. The molecule has 0 radical (unpaired) electrons. The van der Waals surface area contributed by atoms with Gasteiger partial charge in [-0.05, 0) is 12.1 Å². The van der Waals surface area contributed by atoms with Gasteiger partial charge in [0.25, 0.3) is 5.91 Å². The number of aromatic nitrogens is 1. The highest BCUT2D eigenvalue weighted by molar-refractivity contribution is 7.09. The van der Waals surface area contributed by atoms with Gasteiger partial charge in [0.05, 0.1) is 12.1 Å². The van der Waals surface area contributed by atoms with Crippen LogP contribution in [0.4, 0.5) is 0 Å². The van der Waals surface area contributed by atoms with Crippen LogP contribution in [0.5, 0.6) is 11.5 Å². The molecule has 0 spiro atoms. The van der Waals surface area contributed by atoms with Crippen LogP contribution < -0.4 is 14.8 Å². The zero-order chi connectivity index (χ0) is 16.7. The van der Waals surface area contributed by atoms with Crippen molar-refractivity contribution in [3.8, 4) is 11.5 Å². The van der Waals surface area contributed by atoms with Gasteiger partial charge >= 0.3 is 5.97 Å². The molecule has 1 aromatic heterocycles. The Balaban J connectivity index is 1.73. The Morgan fingerprint density at radius 1 is 1.30 bits per heavy atom. The first kappa shape index (κ1) is 16.8. The second kappa shape index (κ2) is 8.14. The first-order valence-corrected chi connectivity index (χ1v) is 7.68. The number of rotatable bonds is 8. The topological polar surface area (TPSA) is 97.8 Å². The Labute approximate surface area is 136 Å². The van der Waals surface area contributed by atoms with Gasteiger partial charge in [-0.3, -0.25) is 4.79 Å². The molecule has 0 saturated heterocycles. The van der Waals surface area contributed by atoms with E-state index in [-0.39, 0.29) is 18.2 Å². The third kappa shape index (κ3) is 4.96. The first-order chi connectivity index (χ1) is 11.1. The van der Waals surface area contributed by atoms with Crippen molar-refractivity contribution in [3.05, 3.63) is 40.3 Å². The molecule has 0 aliphatic heterocycles. The number of thiazole rings is 1. The average molecular weight is 336 g/mol. The fourth-order valence-electron chi connectivity index (χ4n) is 1.77. The third-order valence-electron chi connectivity index (χ3n) is 2.86. The minimum atomic E-state index is -1.05. The largest absolute Gasteiger partial charge is 0.493 e. The maximum atomic E-state index is 11.7. The summed E-state index contributed by atoms with van der Waals surface area (Å²) in [5.41, 5.74) is 0.0239. The predicted molar refractivity (Wildman–Crippen MR) is 84.3 cm³/mol. The van der Waals surface area contributed by atoms with E-state index in [1.54, 1.807) is 18.2 Å². The van der Waals surface area contributed by atoms with Gasteiger partial charge in [0.15, 0.2) is 23.8 Å². The molecule has 0 bridgehead atoms. The van der Waals surface area contributed by atoms with E-state index in [0.717, 1.165) is 0 Å². The zero-order valence-electron chi connectivity index (χ0n) is 12.4. The lowest BCUT2D eigenvalue weighted by Gasteiger charge is -2.10. The highest BCUT2D eigenvalue weighted by Crippen LogP contribution is 2.25. The Morgan fingerprint density at radius 2 is 2.04 bits per heavy atom. The van der Waals surface area contributed by atoms with Crippen LogP contribution >= 0.6 is 11.3 Å². The fraction of sp³-hybridized carbons (Fsp3) is 0.267. The number of para-hydroxylation sites is 2. The highest BCUT2D eigenvalue weighted by atomic mass is 32.1. The van der Waals surface area contributed by atoms with Crippen LogP contribution in [0.2, 0.25) is 0 Å². The molecule has 0 aliphatic rings. The summed E-state index contributed by atoms with van der Waals surface area (Å²) in [7, 11) is 1.53. The molecule has 2 aromatic rings. The van der Waals surface area contributed by atoms with Crippen LogP contribution in [0.15, 0.2) is 29.6 Å². The van der Waals surface area contributed by atoms with Crippen molar-refractivity contribution in [2.75, 3.05) is 20.3 Å². The maximum Gasteiger partial charge on any atom is 0.355 e. The summed E-state index contributed by atoms with van der Waals surface area (Å²) in [6, 6.07) is 7.06. The quantitative estimate of drug-likeness (QED) is 0.760. The lowest BCUT2D eigenvalue weighted by Crippen LogP contribution is -2.30. The summed E-state index contributed by atoms with van der Waals surface area (Å²) in [5, 5.41) is 13.6. The van der Waals surface area contributed by atoms with E-state index < -0.39 is 5.97 Å². The Morgan fingerprint density at radius 3 is 2.70 bits per heavy atom. The molecule has 0 aliphatic carbocycles. The summed E-state index contributed by atoms with van der Waals surface area (Å²) in [4.78, 5) is 26.4. The number of nitrogens with zero attached hydrogens (tertiary/aromatic N) is 1. The van der Waals surface area contributed by atoms with Crippen LogP contribution in [0, 0.1) is 0 Å². The molecular weight excluding hydrogens is 320 g/mol. The SMILES string of the molecule is COc1ccccc1OCC(=O)NCCc1nc(C(=O)O)cs1. The number of carboxylic acids is 1. The van der Waals surface area contributed by atoms with Crippen molar-refractivity contribution in [3.63, 3.8) is 0 Å². The molecule has 8 heteroatoms. The second-order valence-corrected chi connectivity index (χ2v) is 5.41. The number of hydrogen-bond donors (Lipinski definition) is 2. The van der Waals surface area contributed by atoms with E-state index >= 15 is 0 Å². The van der Waals surface area contributed by atoms with Crippen molar-refractivity contribution in [2.24, 2.45) is 0 Å². The minimum absolute atomic E-state index is 0.0239. The molecule has 1 aromatic carbocycles. The van der Waals surface area contributed by atoms with Gasteiger partial charge in [0.1, 0.15) is 0 Å². The van der Waals surface area contributed by atoms with Gasteiger partial charge in [0.2, 0.25) is 0 Å². The molecule has 1 amide bonds. The molecular formula is C15H16N2O5S. The van der Waals surface area contributed by atoms with E-state index in [1.807, 2.05) is 6.07 Å². The van der Waals surface area contributed by atoms with Crippen LogP contribution in [0.3, 0.4) is 0 Å². The van der Waals surface area contributed by atoms with Gasteiger partial charge in [-0.25, -0.2) is 9.78 Å². The Kier molecular flexibility index (Phi) is 5.93. The monoisotopic (exact) mass is 336 g/mol. The summed E-state index contributed by atoms with van der Waals surface area (Å²) < 4.78 is 10.5. The molecule has 0 unspecified atom stereocenters. The van der Waals surface area contributed by atoms with Gasteiger partial charge < -0.3 is 19.9 Å². The number of methoxy groups -OCH3 is 1. The number of carbonyl (C=O) groups is 2. The number of nitrogens with one attached hydrogen (secondary N) is 1. The van der Waals surface area contributed by atoms with Crippen LogP contribution in [0.25, 0.3) is 0 Å². The standard InChI is InChI=1S/C15H16N2O5S/c1-21-11-4-2-3-5-12(11)22-8-13(18)16-7-6-14-17-10(9-23-14)15(19)20/h2-5,9H,6-8H2,1H3,(H,16,18)(H,19,20). The minimum Gasteiger partial charge on any atom is -0.493 e. The normalized spacial score (nSPS) is 10.1. The number of carboxylic acid groups (broad SMARTS) is 1. The maximum absolute atomic E-state index is 11.7. The van der Waals surface area contributed by atoms with Gasteiger partial charge in [-0.2, -0.15) is 0 Å². The highest BCUT2D eigenvalue weighted by Gasteiger charge is 2.09. The van der Waals surface area contributed by atoms with Crippen LogP contribution in [-0.2, 0) is 11.2 Å². The van der Waals surface area contributed by atoms with E-state index in [1.165, 1.54) is 23.8 Å². The summed E-state index contributed by atoms with van der Waals surface area (Å²) >= 11 is 1.25. The van der Waals surface area contributed by atoms with Crippen molar-refractivity contribution in [2.45, 2.75) is 6.42 Å². The van der Waals surface area contributed by atoms with Crippen LogP contribution in [0.1, 0.15) is 15.5 Å². The predicted octanol–water partition coefficient (Wildman–Crippen LogP) is 1.59. The first-order valence-electron chi connectivity index (χ1n) is 6.80. The molecule has 2 rings (SSSR count). The van der Waals surface area contributed by atoms with E-state index in [9.17, 15) is 9.59 Å². The Bertz CT molecular complexity index is 686. The van der Waals surface area contributed by atoms with E-state index in [0.29, 0.717) is 29.5 Å². The summed E-state index contributed by atoms with van der Waals surface area (Å²) in [6.07, 6.45) is 0.471. The molecule has 23 heavy (non-hydrogen) atoms. The lowest BCUT2D eigenvalue weighted by atomic mass is 10.3. The number of amides is 1. The number of ether oxygens (including phenoxy) is 2. The van der Waals surface area contributed by atoms with Crippen molar-refractivity contribution >= 4 is 23.2 Å². The lowest BCUT2D eigenvalue weighted by molar-refractivity contribution is -0.123. The smallest absolute Gasteiger partial charge is 0.355 e. The van der Waals surface area contributed by atoms with Crippen molar-refractivity contribution in [1.82, 2.24) is 10.3 Å². The zero-order valence-corrected chi connectivity index (χ0v) is 13.3. The number of carbonyl (C=O) groups excluding carboxylic acids is 1. The molecule has 0 saturated carbocycles. The van der Waals surface area contributed by atoms with Crippen LogP contribution in [-0.4, -0.2) is 42.2 Å². The molecule has 122 valence electrons. The van der Waals surface area contributed by atoms with E-state index in [4.69, 9.17) is 14.6 Å². The van der Waals surface area contributed by atoms with Gasteiger partial charge in [-0.1, -0.05) is 12.1 Å². The third-order valence-corrected chi connectivity index (χ3v) is 3.77. The second-order valence-electron chi connectivity index (χ2n) is 4.47. The summed E-state index contributed by atoms with van der Waals surface area (Å²) in [6.45, 7) is 0.235.